The van der Waals surface area contributed by atoms with E-state index in [4.69, 9.17) is 0 Å². The smallest absolute Gasteiger partial charge is 0.151 e. The minimum absolute atomic E-state index is 0.858. The molecule has 0 unspecified atom stereocenters. The van der Waals surface area contributed by atoms with Crippen molar-refractivity contribution in [1.82, 2.24) is 10.2 Å². The monoisotopic (exact) mass is 269 g/mol. The Hall–Kier alpha value is -1.90. The molecule has 0 saturated carbocycles. The third-order valence-corrected chi connectivity index (χ3v) is 3.96. The van der Waals surface area contributed by atoms with Crippen molar-refractivity contribution >= 4 is 5.82 Å². The molecule has 0 atom stereocenters. The van der Waals surface area contributed by atoms with Crippen LogP contribution >= 0.6 is 0 Å². The van der Waals surface area contributed by atoms with Gasteiger partial charge in [-0.05, 0) is 75.4 Å². The summed E-state index contributed by atoms with van der Waals surface area (Å²) in [5.74, 6) is 0.884. The lowest BCUT2D eigenvalue weighted by Gasteiger charge is -2.14. The van der Waals surface area contributed by atoms with Gasteiger partial charge in [-0.1, -0.05) is 6.07 Å². The molecule has 0 spiro atoms. The fraction of sp³-hybridized carbons (Fsp3) is 0.412. The largest absolute Gasteiger partial charge is 0.369 e. The molecule has 0 bridgehead atoms. The zero-order valence-corrected chi connectivity index (χ0v) is 13.3. The summed E-state index contributed by atoms with van der Waals surface area (Å²) in [6, 6.07) is 4.44. The van der Waals surface area contributed by atoms with Crippen molar-refractivity contribution in [3.05, 3.63) is 39.9 Å². The number of benzene rings is 1. The van der Waals surface area contributed by atoms with Crippen molar-refractivity contribution < 1.29 is 0 Å². The number of aryl methyl sites for hydroxylation is 3. The Kier molecular flexibility index (Phi) is 4.07. The van der Waals surface area contributed by atoms with Crippen molar-refractivity contribution in [1.29, 1.82) is 0 Å². The maximum Gasteiger partial charge on any atom is 0.151 e. The fourth-order valence-electron chi connectivity index (χ4n) is 2.41. The highest BCUT2D eigenvalue weighted by Gasteiger charge is 2.13. The highest BCUT2D eigenvalue weighted by Crippen LogP contribution is 2.30. The van der Waals surface area contributed by atoms with Crippen molar-refractivity contribution in [3.8, 4) is 11.3 Å². The Morgan fingerprint density at radius 3 is 2.15 bits per heavy atom. The number of anilines is 1. The highest BCUT2D eigenvalue weighted by molar-refractivity contribution is 5.70. The lowest BCUT2D eigenvalue weighted by atomic mass is 9.95. The second-order valence-electron chi connectivity index (χ2n) is 5.43. The molecule has 0 radical (unpaired) electrons. The fourth-order valence-corrected chi connectivity index (χ4v) is 2.41. The molecule has 106 valence electrons. The molecule has 1 heterocycles. The van der Waals surface area contributed by atoms with E-state index in [2.05, 4.69) is 69.2 Å². The van der Waals surface area contributed by atoms with Crippen LogP contribution in [0.5, 0.6) is 0 Å². The third kappa shape index (κ3) is 2.53. The van der Waals surface area contributed by atoms with Gasteiger partial charge in [0, 0.05) is 12.1 Å². The molecule has 1 aromatic carbocycles. The molecule has 1 aromatic heterocycles. The summed E-state index contributed by atoms with van der Waals surface area (Å²) >= 11 is 0. The maximum absolute atomic E-state index is 4.45. The third-order valence-electron chi connectivity index (χ3n) is 3.96. The van der Waals surface area contributed by atoms with Gasteiger partial charge in [0.2, 0.25) is 0 Å². The van der Waals surface area contributed by atoms with Crippen molar-refractivity contribution in [3.63, 3.8) is 0 Å². The molecule has 0 aliphatic carbocycles. The predicted octanol–water partition coefficient (Wildman–Crippen LogP) is 4.12. The number of nitrogens with zero attached hydrogens (tertiary/aromatic N) is 2. The normalized spacial score (nSPS) is 10.7. The minimum Gasteiger partial charge on any atom is -0.369 e. The van der Waals surface area contributed by atoms with E-state index >= 15 is 0 Å². The first kappa shape index (κ1) is 14.5. The quantitative estimate of drug-likeness (QED) is 0.911. The molecule has 0 aliphatic rings. The Bertz CT molecular complexity index is 645. The highest BCUT2D eigenvalue weighted by atomic mass is 15.2. The van der Waals surface area contributed by atoms with Crippen LogP contribution in [-0.2, 0) is 0 Å². The average molecular weight is 269 g/mol. The van der Waals surface area contributed by atoms with Crippen LogP contribution in [0, 0.1) is 34.6 Å². The van der Waals surface area contributed by atoms with Crippen LogP contribution in [0.3, 0.4) is 0 Å². The van der Waals surface area contributed by atoms with Crippen LogP contribution < -0.4 is 5.32 Å². The van der Waals surface area contributed by atoms with Gasteiger partial charge >= 0.3 is 0 Å². The first-order valence-corrected chi connectivity index (χ1v) is 7.11. The maximum atomic E-state index is 4.45. The van der Waals surface area contributed by atoms with Crippen LogP contribution in [0.1, 0.15) is 34.7 Å². The lowest BCUT2D eigenvalue weighted by Crippen LogP contribution is -2.06. The second kappa shape index (κ2) is 5.61. The summed E-state index contributed by atoms with van der Waals surface area (Å²) in [6.45, 7) is 13.6. The molecule has 0 aliphatic heterocycles. The standard InChI is InChI=1S/C17H23N3/c1-7-18-17-14(6)13(5)16(19-20-17)15-9-11(3)10(2)8-12(15)4/h8-9H,7H2,1-6H3,(H,18,20). The van der Waals surface area contributed by atoms with Gasteiger partial charge in [-0.25, -0.2) is 0 Å². The minimum atomic E-state index is 0.858. The van der Waals surface area contributed by atoms with Crippen molar-refractivity contribution in [2.45, 2.75) is 41.5 Å². The molecule has 3 nitrogen and oxygen atoms in total. The van der Waals surface area contributed by atoms with Gasteiger partial charge in [0.15, 0.2) is 5.82 Å². The Morgan fingerprint density at radius 1 is 0.850 bits per heavy atom. The number of rotatable bonds is 3. The number of hydrogen-bond acceptors (Lipinski definition) is 3. The Morgan fingerprint density at radius 2 is 1.50 bits per heavy atom. The molecule has 20 heavy (non-hydrogen) atoms. The molecular formula is C17H23N3. The summed E-state index contributed by atoms with van der Waals surface area (Å²) in [4.78, 5) is 0. The second-order valence-corrected chi connectivity index (χ2v) is 5.43. The van der Waals surface area contributed by atoms with Gasteiger partial charge in [-0.2, -0.15) is 0 Å². The van der Waals surface area contributed by atoms with Crippen molar-refractivity contribution in [2.75, 3.05) is 11.9 Å². The van der Waals surface area contributed by atoms with E-state index in [1.807, 2.05) is 0 Å². The van der Waals surface area contributed by atoms with Gasteiger partial charge in [0.25, 0.3) is 0 Å². The van der Waals surface area contributed by atoms with E-state index in [0.29, 0.717) is 0 Å². The number of nitrogens with one attached hydrogen (secondary N) is 1. The van der Waals surface area contributed by atoms with Gasteiger partial charge in [-0.15, -0.1) is 10.2 Å². The van der Waals surface area contributed by atoms with Crippen LogP contribution in [-0.4, -0.2) is 16.7 Å². The first-order valence-electron chi connectivity index (χ1n) is 7.11. The van der Waals surface area contributed by atoms with E-state index in [9.17, 15) is 0 Å². The summed E-state index contributed by atoms with van der Waals surface area (Å²) in [5, 5.41) is 12.0. The van der Waals surface area contributed by atoms with E-state index in [1.165, 1.54) is 33.4 Å². The van der Waals surface area contributed by atoms with E-state index in [-0.39, 0.29) is 0 Å². The average Bonchev–Trinajstić information content (AvgIpc) is 2.40. The molecule has 2 aromatic rings. The molecule has 1 N–H and O–H groups in total. The van der Waals surface area contributed by atoms with E-state index in [1.54, 1.807) is 0 Å². The summed E-state index contributed by atoms with van der Waals surface area (Å²) in [7, 11) is 0. The van der Waals surface area contributed by atoms with Crippen molar-refractivity contribution in [2.24, 2.45) is 0 Å². The zero-order chi connectivity index (χ0) is 14.9. The molecule has 0 saturated heterocycles. The lowest BCUT2D eigenvalue weighted by molar-refractivity contribution is 0.985. The van der Waals surface area contributed by atoms with E-state index < -0.39 is 0 Å². The van der Waals surface area contributed by atoms with Crippen LogP contribution in [0.15, 0.2) is 12.1 Å². The van der Waals surface area contributed by atoms with E-state index in [0.717, 1.165) is 18.1 Å². The van der Waals surface area contributed by atoms with Gasteiger partial charge < -0.3 is 5.32 Å². The number of aromatic nitrogens is 2. The summed E-state index contributed by atoms with van der Waals surface area (Å²) < 4.78 is 0. The zero-order valence-electron chi connectivity index (χ0n) is 13.3. The number of hydrogen-bond donors (Lipinski definition) is 1. The van der Waals surface area contributed by atoms with Crippen LogP contribution in [0.4, 0.5) is 5.82 Å². The Labute approximate surface area is 121 Å². The molecule has 0 amide bonds. The van der Waals surface area contributed by atoms with Gasteiger partial charge in [-0.3, -0.25) is 0 Å². The Balaban J connectivity index is 2.59. The van der Waals surface area contributed by atoms with Gasteiger partial charge in [0.05, 0.1) is 5.69 Å². The van der Waals surface area contributed by atoms with Crippen LogP contribution in [0.25, 0.3) is 11.3 Å². The molecular weight excluding hydrogens is 246 g/mol. The van der Waals surface area contributed by atoms with Crippen LogP contribution in [0.2, 0.25) is 0 Å². The molecule has 0 fully saturated rings. The molecule has 2 rings (SSSR count). The summed E-state index contributed by atoms with van der Waals surface area (Å²) in [6.07, 6.45) is 0. The predicted molar refractivity (Wildman–Crippen MR) is 85.3 cm³/mol. The summed E-state index contributed by atoms with van der Waals surface area (Å²) in [5.41, 5.74) is 8.41. The molecule has 3 heteroatoms. The SMILES string of the molecule is CCNc1nnc(-c2cc(C)c(C)cc2C)c(C)c1C. The first-order chi connectivity index (χ1) is 9.45. The van der Waals surface area contributed by atoms with Gasteiger partial charge in [0.1, 0.15) is 0 Å². The topological polar surface area (TPSA) is 37.8 Å².